The number of pyridine rings is 1. The van der Waals surface area contributed by atoms with E-state index in [4.69, 9.17) is 9.47 Å². The van der Waals surface area contributed by atoms with Crippen LogP contribution in [0.25, 0.3) is 6.08 Å². The average molecular weight is 396 g/mol. The van der Waals surface area contributed by atoms with Gasteiger partial charge in [0.15, 0.2) is 11.5 Å². The summed E-state index contributed by atoms with van der Waals surface area (Å²) in [6, 6.07) is 5.59. The highest BCUT2D eigenvalue weighted by Crippen LogP contribution is 2.30. The monoisotopic (exact) mass is 396 g/mol. The van der Waals surface area contributed by atoms with E-state index >= 15 is 0 Å². The van der Waals surface area contributed by atoms with E-state index in [1.807, 2.05) is 11.9 Å². The number of halogens is 3. The van der Waals surface area contributed by atoms with Crippen molar-refractivity contribution in [3.63, 3.8) is 0 Å². The minimum absolute atomic E-state index is 0.477. The molecule has 0 atom stereocenters. The number of hydrogen-bond acceptors (Lipinski definition) is 4. The first kappa shape index (κ1) is 21.1. The molecule has 150 valence electrons. The van der Waals surface area contributed by atoms with E-state index in [0.717, 1.165) is 12.5 Å². The minimum atomic E-state index is -4.64. The predicted molar refractivity (Wildman–Crippen MR) is 98.5 cm³/mol. The van der Waals surface area contributed by atoms with E-state index in [9.17, 15) is 22.8 Å². The summed E-state index contributed by atoms with van der Waals surface area (Å²) in [5.74, 6) is 0.280. The van der Waals surface area contributed by atoms with E-state index in [1.165, 1.54) is 13.2 Å². The number of benzene rings is 1. The number of amides is 1. The Kier molecular flexibility index (Phi) is 6.86. The van der Waals surface area contributed by atoms with Crippen molar-refractivity contribution >= 4 is 17.7 Å². The molecule has 0 saturated heterocycles. The molecule has 0 fully saturated rings. The lowest BCUT2D eigenvalue weighted by Gasteiger charge is -2.10. The number of carbonyl (C=O) groups is 1. The van der Waals surface area contributed by atoms with Crippen LogP contribution in [0.2, 0.25) is 0 Å². The maximum Gasteiger partial charge on any atom is 0.417 e. The van der Waals surface area contributed by atoms with Crippen molar-refractivity contribution in [1.82, 2.24) is 4.98 Å². The van der Waals surface area contributed by atoms with Gasteiger partial charge in [-0.3, -0.25) is 9.59 Å². The molecule has 2 rings (SSSR count). The molecule has 9 heteroatoms. The summed E-state index contributed by atoms with van der Waals surface area (Å²) in [5, 5.41) is 2.14. The predicted octanol–water partition coefficient (Wildman–Crippen LogP) is 3.84. The zero-order valence-corrected chi connectivity index (χ0v) is 15.2. The molecule has 1 amide bonds. The van der Waals surface area contributed by atoms with Crippen molar-refractivity contribution < 1.29 is 27.4 Å². The fraction of sp³-hybridized carbons (Fsp3) is 0.263. The van der Waals surface area contributed by atoms with E-state index < -0.39 is 28.9 Å². The number of nitrogens with one attached hydrogen (secondary N) is 2. The van der Waals surface area contributed by atoms with Gasteiger partial charge < -0.3 is 19.8 Å². The number of alkyl halides is 3. The van der Waals surface area contributed by atoms with Crippen molar-refractivity contribution in [3.8, 4) is 11.5 Å². The quantitative estimate of drug-likeness (QED) is 0.697. The van der Waals surface area contributed by atoms with Gasteiger partial charge in [-0.25, -0.2) is 0 Å². The SMILES string of the molecule is CCCOc1ccc(C=CC(=O)Nc2cc(C(F)(F)F)c[nH]c2=O)cc1OC. The summed E-state index contributed by atoms with van der Waals surface area (Å²) in [6.07, 6.45) is -0.732. The summed E-state index contributed by atoms with van der Waals surface area (Å²) < 4.78 is 48.9. The van der Waals surface area contributed by atoms with Gasteiger partial charge in [-0.15, -0.1) is 0 Å². The maximum atomic E-state index is 12.7. The molecule has 0 bridgehead atoms. The van der Waals surface area contributed by atoms with Gasteiger partial charge in [-0.1, -0.05) is 13.0 Å². The Morgan fingerprint density at radius 2 is 2.00 bits per heavy atom. The van der Waals surface area contributed by atoms with Crippen LogP contribution < -0.4 is 20.3 Å². The number of aromatic nitrogens is 1. The molecule has 0 aliphatic rings. The Labute approximate surface area is 159 Å². The Morgan fingerprint density at radius 1 is 1.25 bits per heavy atom. The first-order valence-electron chi connectivity index (χ1n) is 8.34. The van der Waals surface area contributed by atoms with Gasteiger partial charge in [-0.05, 0) is 36.3 Å². The van der Waals surface area contributed by atoms with Crippen LogP contribution in [-0.2, 0) is 11.0 Å². The van der Waals surface area contributed by atoms with E-state index in [-0.39, 0.29) is 0 Å². The number of ether oxygens (including phenoxy) is 2. The van der Waals surface area contributed by atoms with Crippen LogP contribution in [0, 0.1) is 0 Å². The summed E-state index contributed by atoms with van der Waals surface area (Å²) in [7, 11) is 1.48. The molecular formula is C19H19F3N2O4. The molecule has 0 spiro atoms. The van der Waals surface area contributed by atoms with Crippen LogP contribution in [0.3, 0.4) is 0 Å². The number of carbonyl (C=O) groups excluding carboxylic acids is 1. The zero-order chi connectivity index (χ0) is 20.7. The van der Waals surface area contributed by atoms with Crippen LogP contribution in [0.15, 0.2) is 41.3 Å². The van der Waals surface area contributed by atoms with Gasteiger partial charge >= 0.3 is 6.18 Å². The second-order valence-electron chi connectivity index (χ2n) is 5.71. The van der Waals surface area contributed by atoms with Gasteiger partial charge in [-0.2, -0.15) is 13.2 Å². The van der Waals surface area contributed by atoms with Gasteiger partial charge in [0.2, 0.25) is 5.91 Å². The molecule has 6 nitrogen and oxygen atoms in total. The minimum Gasteiger partial charge on any atom is -0.493 e. The van der Waals surface area contributed by atoms with Gasteiger partial charge in [0.25, 0.3) is 5.56 Å². The standard InChI is InChI=1S/C19H19F3N2O4/c1-3-8-28-15-6-4-12(9-16(15)27-2)5-7-17(25)24-14-10-13(19(20,21)22)11-23-18(14)26/h4-7,9-11H,3,8H2,1-2H3,(H,23,26)(H,24,25). The van der Waals surface area contributed by atoms with Gasteiger partial charge in [0.1, 0.15) is 5.69 Å². The summed E-state index contributed by atoms with van der Waals surface area (Å²) in [6.45, 7) is 2.50. The lowest BCUT2D eigenvalue weighted by molar-refractivity contribution is -0.137. The van der Waals surface area contributed by atoms with Crippen LogP contribution >= 0.6 is 0 Å². The average Bonchev–Trinajstić information content (AvgIpc) is 2.65. The number of aromatic amines is 1. The van der Waals surface area contributed by atoms with Crippen molar-refractivity contribution in [2.45, 2.75) is 19.5 Å². The molecular weight excluding hydrogens is 377 g/mol. The van der Waals surface area contributed by atoms with E-state index in [2.05, 4.69) is 5.32 Å². The fourth-order valence-electron chi connectivity index (χ4n) is 2.21. The van der Waals surface area contributed by atoms with Gasteiger partial charge in [0.05, 0.1) is 19.3 Å². The van der Waals surface area contributed by atoms with Crippen molar-refractivity contribution in [2.75, 3.05) is 19.0 Å². The third-order valence-corrected chi connectivity index (χ3v) is 3.56. The Balaban J connectivity index is 2.13. The van der Waals surface area contributed by atoms with Crippen LogP contribution in [0.1, 0.15) is 24.5 Å². The molecule has 0 unspecified atom stereocenters. The molecule has 0 radical (unpaired) electrons. The lowest BCUT2D eigenvalue weighted by Crippen LogP contribution is -2.20. The van der Waals surface area contributed by atoms with Crippen molar-refractivity contribution in [2.24, 2.45) is 0 Å². The van der Waals surface area contributed by atoms with Gasteiger partial charge in [0, 0.05) is 12.3 Å². The normalized spacial score (nSPS) is 11.5. The molecule has 1 aromatic carbocycles. The Bertz CT molecular complexity index is 920. The molecule has 2 N–H and O–H groups in total. The number of anilines is 1. The van der Waals surface area contributed by atoms with Crippen molar-refractivity contribution in [3.05, 3.63) is 58.0 Å². The lowest BCUT2D eigenvalue weighted by atomic mass is 10.2. The number of H-pyrrole nitrogens is 1. The number of rotatable bonds is 7. The Hall–Kier alpha value is -3.23. The third-order valence-electron chi connectivity index (χ3n) is 3.56. The molecule has 0 aliphatic heterocycles. The van der Waals surface area contributed by atoms with Crippen LogP contribution in [0.4, 0.5) is 18.9 Å². The highest BCUT2D eigenvalue weighted by atomic mass is 19.4. The molecule has 28 heavy (non-hydrogen) atoms. The topological polar surface area (TPSA) is 80.4 Å². The molecule has 0 saturated carbocycles. The number of methoxy groups -OCH3 is 1. The summed E-state index contributed by atoms with van der Waals surface area (Å²) in [5.41, 5.74) is -1.80. The third kappa shape index (κ3) is 5.63. The largest absolute Gasteiger partial charge is 0.493 e. The zero-order valence-electron chi connectivity index (χ0n) is 15.2. The van der Waals surface area contributed by atoms with Crippen LogP contribution in [0.5, 0.6) is 11.5 Å². The second-order valence-corrected chi connectivity index (χ2v) is 5.71. The molecule has 2 aromatic rings. The first-order chi connectivity index (χ1) is 13.2. The van der Waals surface area contributed by atoms with E-state index in [1.54, 1.807) is 18.2 Å². The summed E-state index contributed by atoms with van der Waals surface area (Å²) >= 11 is 0. The summed E-state index contributed by atoms with van der Waals surface area (Å²) in [4.78, 5) is 25.5. The molecule has 0 aliphatic carbocycles. The first-order valence-corrected chi connectivity index (χ1v) is 8.34. The smallest absolute Gasteiger partial charge is 0.417 e. The second kappa shape index (κ2) is 9.12. The Morgan fingerprint density at radius 3 is 2.64 bits per heavy atom. The number of hydrogen-bond donors (Lipinski definition) is 2. The molecule has 1 heterocycles. The maximum absolute atomic E-state index is 12.7. The van der Waals surface area contributed by atoms with E-state index in [0.29, 0.717) is 35.9 Å². The molecule has 1 aromatic heterocycles. The van der Waals surface area contributed by atoms with Crippen molar-refractivity contribution in [1.29, 1.82) is 0 Å². The highest BCUT2D eigenvalue weighted by molar-refractivity contribution is 6.01. The van der Waals surface area contributed by atoms with Crippen LogP contribution in [-0.4, -0.2) is 24.6 Å². The highest BCUT2D eigenvalue weighted by Gasteiger charge is 2.31. The fourth-order valence-corrected chi connectivity index (χ4v) is 2.21.